The van der Waals surface area contributed by atoms with E-state index >= 15 is 0 Å². The number of aliphatic hydroxyl groups is 1. The molecular formula is C9H18NO. The summed E-state index contributed by atoms with van der Waals surface area (Å²) in [6.07, 6.45) is 6.03. The van der Waals surface area contributed by atoms with Crippen LogP contribution in [0.5, 0.6) is 0 Å². The molecule has 11 heavy (non-hydrogen) atoms. The second kappa shape index (κ2) is 3.55. The Hall–Kier alpha value is -0.0800. The van der Waals surface area contributed by atoms with Crippen LogP contribution in [-0.4, -0.2) is 16.7 Å². The number of hydrogen-bond donors (Lipinski definition) is 2. The van der Waals surface area contributed by atoms with Gasteiger partial charge in [-0.05, 0) is 26.2 Å². The van der Waals surface area contributed by atoms with Crippen LogP contribution in [0.1, 0.15) is 38.5 Å². The van der Waals surface area contributed by atoms with E-state index in [-0.39, 0.29) is 6.04 Å². The summed E-state index contributed by atoms with van der Waals surface area (Å²) in [5.41, 5.74) is 5.05. The van der Waals surface area contributed by atoms with Gasteiger partial charge in [0.2, 0.25) is 0 Å². The average Bonchev–Trinajstić information content (AvgIpc) is 1.85. The lowest BCUT2D eigenvalue weighted by Crippen LogP contribution is -2.37. The van der Waals surface area contributed by atoms with Crippen LogP contribution in [0.25, 0.3) is 0 Å². The third kappa shape index (κ3) is 2.80. The SMILES string of the molecule is [CH2]C(N)CC1(O)CCCCC1. The molecule has 0 amide bonds. The molecular weight excluding hydrogens is 138 g/mol. The summed E-state index contributed by atoms with van der Waals surface area (Å²) >= 11 is 0. The topological polar surface area (TPSA) is 46.2 Å². The lowest BCUT2D eigenvalue weighted by Gasteiger charge is -2.33. The molecule has 0 aromatic rings. The van der Waals surface area contributed by atoms with E-state index in [0.717, 1.165) is 25.7 Å². The average molecular weight is 156 g/mol. The predicted molar refractivity (Wildman–Crippen MR) is 46.0 cm³/mol. The van der Waals surface area contributed by atoms with Gasteiger partial charge in [0.1, 0.15) is 0 Å². The normalized spacial score (nSPS) is 26.5. The highest BCUT2D eigenvalue weighted by Gasteiger charge is 2.29. The lowest BCUT2D eigenvalue weighted by molar-refractivity contribution is -0.00621. The van der Waals surface area contributed by atoms with Crippen molar-refractivity contribution in [3.05, 3.63) is 6.92 Å². The summed E-state index contributed by atoms with van der Waals surface area (Å²) in [5, 5.41) is 9.92. The third-order valence-corrected chi connectivity index (χ3v) is 2.43. The molecule has 0 saturated heterocycles. The van der Waals surface area contributed by atoms with E-state index in [1.807, 2.05) is 0 Å². The first-order valence-electron chi connectivity index (χ1n) is 4.43. The maximum atomic E-state index is 9.92. The van der Waals surface area contributed by atoms with Gasteiger partial charge < -0.3 is 10.8 Å². The summed E-state index contributed by atoms with van der Waals surface area (Å²) in [4.78, 5) is 0. The smallest absolute Gasteiger partial charge is 0.0662 e. The summed E-state index contributed by atoms with van der Waals surface area (Å²) in [7, 11) is 0. The van der Waals surface area contributed by atoms with Gasteiger partial charge in [0, 0.05) is 6.04 Å². The van der Waals surface area contributed by atoms with Crippen molar-refractivity contribution in [2.75, 3.05) is 0 Å². The second-order valence-electron chi connectivity index (χ2n) is 3.75. The summed E-state index contributed by atoms with van der Waals surface area (Å²) < 4.78 is 0. The zero-order chi connectivity index (χ0) is 8.32. The molecule has 65 valence electrons. The van der Waals surface area contributed by atoms with Crippen molar-refractivity contribution in [3.8, 4) is 0 Å². The Morgan fingerprint density at radius 2 is 1.91 bits per heavy atom. The molecule has 1 rings (SSSR count). The Kier molecular flexibility index (Phi) is 2.90. The minimum Gasteiger partial charge on any atom is -0.390 e. The first kappa shape index (κ1) is 9.01. The molecule has 1 aliphatic rings. The second-order valence-corrected chi connectivity index (χ2v) is 3.75. The predicted octanol–water partition coefficient (Wildman–Crippen LogP) is 1.23. The van der Waals surface area contributed by atoms with Gasteiger partial charge >= 0.3 is 0 Å². The number of nitrogens with two attached hydrogens (primary N) is 1. The highest BCUT2D eigenvalue weighted by atomic mass is 16.3. The van der Waals surface area contributed by atoms with E-state index in [1.165, 1.54) is 6.42 Å². The Bertz CT molecular complexity index is 117. The first-order valence-corrected chi connectivity index (χ1v) is 4.43. The molecule has 0 aromatic carbocycles. The van der Waals surface area contributed by atoms with Crippen LogP contribution in [0.4, 0.5) is 0 Å². The highest BCUT2D eigenvalue weighted by Crippen LogP contribution is 2.31. The maximum absolute atomic E-state index is 9.92. The maximum Gasteiger partial charge on any atom is 0.0662 e. The fraction of sp³-hybridized carbons (Fsp3) is 0.889. The standard InChI is InChI=1S/C9H18NO/c1-8(10)7-9(11)5-3-2-4-6-9/h8,11H,1-7,10H2. The Morgan fingerprint density at radius 1 is 1.36 bits per heavy atom. The summed E-state index contributed by atoms with van der Waals surface area (Å²) in [5.74, 6) is 0. The fourth-order valence-electron chi connectivity index (χ4n) is 1.90. The number of rotatable bonds is 2. The molecule has 0 spiro atoms. The molecule has 1 aliphatic carbocycles. The van der Waals surface area contributed by atoms with Crippen LogP contribution in [-0.2, 0) is 0 Å². The van der Waals surface area contributed by atoms with Gasteiger partial charge in [0.25, 0.3) is 0 Å². The molecule has 1 unspecified atom stereocenters. The molecule has 1 atom stereocenters. The molecule has 1 fully saturated rings. The van der Waals surface area contributed by atoms with Crippen LogP contribution in [0.15, 0.2) is 0 Å². The van der Waals surface area contributed by atoms with E-state index in [0.29, 0.717) is 6.42 Å². The van der Waals surface area contributed by atoms with Crippen LogP contribution in [0, 0.1) is 6.92 Å². The van der Waals surface area contributed by atoms with Crippen molar-refractivity contribution in [2.24, 2.45) is 5.73 Å². The van der Waals surface area contributed by atoms with Gasteiger partial charge in [0.15, 0.2) is 0 Å². The van der Waals surface area contributed by atoms with Crippen LogP contribution in [0.2, 0.25) is 0 Å². The van der Waals surface area contributed by atoms with Gasteiger partial charge in [-0.25, -0.2) is 0 Å². The molecule has 0 aromatic heterocycles. The van der Waals surface area contributed by atoms with E-state index in [1.54, 1.807) is 0 Å². The first-order chi connectivity index (χ1) is 5.12. The molecule has 0 bridgehead atoms. The fourth-order valence-corrected chi connectivity index (χ4v) is 1.90. The van der Waals surface area contributed by atoms with Crippen LogP contribution < -0.4 is 5.73 Å². The molecule has 2 heteroatoms. The van der Waals surface area contributed by atoms with Crippen molar-refractivity contribution in [2.45, 2.75) is 50.2 Å². The van der Waals surface area contributed by atoms with Crippen molar-refractivity contribution < 1.29 is 5.11 Å². The highest BCUT2D eigenvalue weighted by molar-refractivity contribution is 4.86. The minimum atomic E-state index is -0.487. The molecule has 2 nitrogen and oxygen atoms in total. The summed E-state index contributed by atoms with van der Waals surface area (Å²) in [6, 6.07) is -0.113. The van der Waals surface area contributed by atoms with E-state index < -0.39 is 5.60 Å². The monoisotopic (exact) mass is 156 g/mol. The molecule has 1 radical (unpaired) electrons. The van der Waals surface area contributed by atoms with Gasteiger partial charge in [-0.2, -0.15) is 0 Å². The van der Waals surface area contributed by atoms with Crippen LogP contribution in [0.3, 0.4) is 0 Å². The zero-order valence-corrected chi connectivity index (χ0v) is 7.05. The quantitative estimate of drug-likeness (QED) is 0.631. The van der Waals surface area contributed by atoms with E-state index in [2.05, 4.69) is 6.92 Å². The minimum absolute atomic E-state index is 0.113. The molecule has 0 heterocycles. The van der Waals surface area contributed by atoms with Gasteiger partial charge in [-0.15, -0.1) is 0 Å². The third-order valence-electron chi connectivity index (χ3n) is 2.43. The van der Waals surface area contributed by atoms with Crippen molar-refractivity contribution in [1.82, 2.24) is 0 Å². The largest absolute Gasteiger partial charge is 0.390 e. The number of hydrogen-bond acceptors (Lipinski definition) is 2. The van der Waals surface area contributed by atoms with Crippen molar-refractivity contribution in [3.63, 3.8) is 0 Å². The van der Waals surface area contributed by atoms with Gasteiger partial charge in [0.05, 0.1) is 5.60 Å². The van der Waals surface area contributed by atoms with E-state index in [9.17, 15) is 5.11 Å². The van der Waals surface area contributed by atoms with Gasteiger partial charge in [-0.3, -0.25) is 0 Å². The Balaban J connectivity index is 2.37. The van der Waals surface area contributed by atoms with Crippen molar-refractivity contribution >= 4 is 0 Å². The van der Waals surface area contributed by atoms with E-state index in [4.69, 9.17) is 5.73 Å². The molecule has 3 N–H and O–H groups in total. The lowest BCUT2D eigenvalue weighted by atomic mass is 9.81. The zero-order valence-electron chi connectivity index (χ0n) is 7.05. The Labute approximate surface area is 68.8 Å². The Morgan fingerprint density at radius 3 is 2.36 bits per heavy atom. The molecule has 1 saturated carbocycles. The van der Waals surface area contributed by atoms with Gasteiger partial charge in [-0.1, -0.05) is 19.3 Å². The van der Waals surface area contributed by atoms with Crippen molar-refractivity contribution in [1.29, 1.82) is 0 Å². The summed E-state index contributed by atoms with van der Waals surface area (Å²) in [6.45, 7) is 3.70. The van der Waals surface area contributed by atoms with Crippen LogP contribution >= 0.6 is 0 Å². The molecule has 0 aliphatic heterocycles.